The molecule has 0 saturated heterocycles. The number of aryl methyl sites for hydroxylation is 1. The maximum absolute atomic E-state index is 12.0. The van der Waals surface area contributed by atoms with Crippen molar-refractivity contribution < 1.29 is 4.79 Å². The first-order valence-electron chi connectivity index (χ1n) is 7.17. The third kappa shape index (κ3) is 4.70. The second kappa shape index (κ2) is 7.69. The van der Waals surface area contributed by atoms with Gasteiger partial charge in [-0.25, -0.2) is 0 Å². The van der Waals surface area contributed by atoms with Crippen LogP contribution in [0.1, 0.15) is 50.7 Å². The lowest BCUT2D eigenvalue weighted by Crippen LogP contribution is -2.34. The second-order valence-electron chi connectivity index (χ2n) is 5.61. The molecule has 3 nitrogen and oxygen atoms in total. The summed E-state index contributed by atoms with van der Waals surface area (Å²) in [5.41, 5.74) is 2.50. The first kappa shape index (κ1) is 16.2. The molecule has 20 heavy (non-hydrogen) atoms. The lowest BCUT2D eigenvalue weighted by Gasteiger charge is -2.23. The van der Waals surface area contributed by atoms with Crippen molar-refractivity contribution in [2.75, 3.05) is 7.05 Å². The summed E-state index contributed by atoms with van der Waals surface area (Å²) in [5, 5.41) is 8.66. The largest absolute Gasteiger partial charge is 0.342 e. The fourth-order valence-corrected chi connectivity index (χ4v) is 2.01. The minimum atomic E-state index is -0.0178. The van der Waals surface area contributed by atoms with Crippen LogP contribution in [0.5, 0.6) is 0 Å². The van der Waals surface area contributed by atoms with Crippen LogP contribution in [-0.4, -0.2) is 23.9 Å². The van der Waals surface area contributed by atoms with Crippen LogP contribution in [0.15, 0.2) is 24.3 Å². The monoisotopic (exact) mass is 272 g/mol. The third-order valence-electron chi connectivity index (χ3n) is 3.72. The number of nitriles is 1. The summed E-state index contributed by atoms with van der Waals surface area (Å²) in [6, 6.07) is 10.5. The molecule has 0 bridgehead atoms. The Balaban J connectivity index is 2.50. The molecule has 108 valence electrons. The van der Waals surface area contributed by atoms with Crippen LogP contribution >= 0.6 is 0 Å². The minimum absolute atomic E-state index is 0.0178. The van der Waals surface area contributed by atoms with Crippen molar-refractivity contribution in [3.05, 3.63) is 35.4 Å². The summed E-state index contributed by atoms with van der Waals surface area (Å²) < 4.78 is 0. The number of hydrogen-bond acceptors (Lipinski definition) is 2. The van der Waals surface area contributed by atoms with Gasteiger partial charge in [-0.15, -0.1) is 0 Å². The van der Waals surface area contributed by atoms with E-state index >= 15 is 0 Å². The Morgan fingerprint density at radius 2 is 1.85 bits per heavy atom. The molecule has 0 spiro atoms. The molecule has 0 aliphatic carbocycles. The molecule has 1 amide bonds. The number of benzene rings is 1. The first-order chi connectivity index (χ1) is 9.45. The van der Waals surface area contributed by atoms with Crippen molar-refractivity contribution in [2.45, 2.75) is 52.0 Å². The normalized spacial score (nSPS) is 12.0. The molecule has 0 aliphatic rings. The summed E-state index contributed by atoms with van der Waals surface area (Å²) >= 11 is 0. The molecule has 1 rings (SSSR count). The fourth-order valence-electron chi connectivity index (χ4n) is 2.01. The Hall–Kier alpha value is -1.82. The third-order valence-corrected chi connectivity index (χ3v) is 3.72. The number of nitrogens with zero attached hydrogens (tertiary/aromatic N) is 2. The van der Waals surface area contributed by atoms with Gasteiger partial charge in [0.25, 0.3) is 0 Å². The van der Waals surface area contributed by atoms with Crippen LogP contribution in [0.4, 0.5) is 0 Å². The van der Waals surface area contributed by atoms with Gasteiger partial charge >= 0.3 is 0 Å². The zero-order valence-electron chi connectivity index (χ0n) is 12.9. The van der Waals surface area contributed by atoms with Crippen molar-refractivity contribution in [2.24, 2.45) is 0 Å². The molecule has 0 aromatic heterocycles. The molecule has 0 heterocycles. The molecule has 1 aromatic carbocycles. The van der Waals surface area contributed by atoms with Crippen LogP contribution in [0.3, 0.4) is 0 Å². The Labute approximate surface area is 122 Å². The zero-order valence-corrected chi connectivity index (χ0v) is 12.9. The van der Waals surface area contributed by atoms with Crippen molar-refractivity contribution in [1.82, 2.24) is 4.90 Å². The Morgan fingerprint density at radius 1 is 1.25 bits per heavy atom. The Bertz CT molecular complexity index is 471. The van der Waals surface area contributed by atoms with E-state index in [1.807, 2.05) is 6.92 Å². The average molecular weight is 272 g/mol. The van der Waals surface area contributed by atoms with Gasteiger partial charge in [-0.3, -0.25) is 4.79 Å². The van der Waals surface area contributed by atoms with Crippen molar-refractivity contribution in [3.8, 4) is 6.07 Å². The van der Waals surface area contributed by atoms with Gasteiger partial charge in [-0.05, 0) is 30.4 Å². The maximum atomic E-state index is 12.0. The topological polar surface area (TPSA) is 44.1 Å². The number of amides is 1. The maximum Gasteiger partial charge on any atom is 0.222 e. The first-order valence-corrected chi connectivity index (χ1v) is 7.17. The van der Waals surface area contributed by atoms with Crippen LogP contribution < -0.4 is 0 Å². The summed E-state index contributed by atoms with van der Waals surface area (Å²) in [5.74, 6) is 0.629. The van der Waals surface area contributed by atoms with Gasteiger partial charge in [0, 0.05) is 19.5 Å². The molecular weight excluding hydrogens is 248 g/mol. The highest BCUT2D eigenvalue weighted by atomic mass is 16.2. The predicted molar refractivity (Wildman–Crippen MR) is 81.3 cm³/mol. The van der Waals surface area contributed by atoms with Crippen LogP contribution in [-0.2, 0) is 11.2 Å². The molecule has 1 aromatic rings. The van der Waals surface area contributed by atoms with E-state index in [0.29, 0.717) is 18.8 Å². The molecule has 0 fully saturated rings. The predicted octanol–water partition coefficient (Wildman–Crippen LogP) is 3.50. The molecule has 1 atom stereocenters. The van der Waals surface area contributed by atoms with E-state index in [-0.39, 0.29) is 11.9 Å². The summed E-state index contributed by atoms with van der Waals surface area (Å²) in [6.45, 7) is 6.24. The molecule has 0 aliphatic heterocycles. The van der Waals surface area contributed by atoms with E-state index in [0.717, 1.165) is 6.42 Å². The highest BCUT2D eigenvalue weighted by Crippen LogP contribution is 2.15. The van der Waals surface area contributed by atoms with Gasteiger partial charge in [0.15, 0.2) is 0 Å². The quantitative estimate of drug-likeness (QED) is 0.795. The van der Waals surface area contributed by atoms with Crippen LogP contribution in [0.25, 0.3) is 0 Å². The lowest BCUT2D eigenvalue weighted by molar-refractivity contribution is -0.131. The smallest absolute Gasteiger partial charge is 0.222 e. The van der Waals surface area contributed by atoms with E-state index in [1.54, 1.807) is 11.9 Å². The standard InChI is InChI=1S/C17H24N2O/c1-13(2)16-8-5-15(6-9-16)7-10-17(20)19(4)14(3)11-12-18/h5-6,8-9,13-14H,7,10-11H2,1-4H3. The molecule has 3 heteroatoms. The molecule has 0 saturated carbocycles. The Kier molecular flexibility index (Phi) is 6.24. The lowest BCUT2D eigenvalue weighted by atomic mass is 10.00. The van der Waals surface area contributed by atoms with Gasteiger partial charge in [0.2, 0.25) is 5.91 Å². The van der Waals surface area contributed by atoms with E-state index < -0.39 is 0 Å². The molecule has 0 N–H and O–H groups in total. The number of carbonyl (C=O) groups excluding carboxylic acids is 1. The highest BCUT2D eigenvalue weighted by Gasteiger charge is 2.15. The average Bonchev–Trinajstić information content (AvgIpc) is 2.44. The van der Waals surface area contributed by atoms with Crippen molar-refractivity contribution in [1.29, 1.82) is 5.26 Å². The van der Waals surface area contributed by atoms with E-state index in [2.05, 4.69) is 44.2 Å². The zero-order chi connectivity index (χ0) is 15.1. The van der Waals surface area contributed by atoms with Gasteiger partial charge < -0.3 is 4.90 Å². The van der Waals surface area contributed by atoms with Gasteiger partial charge in [0.1, 0.15) is 0 Å². The molecular formula is C17H24N2O. The number of hydrogen-bond donors (Lipinski definition) is 0. The van der Waals surface area contributed by atoms with Gasteiger partial charge in [-0.1, -0.05) is 38.1 Å². The van der Waals surface area contributed by atoms with Gasteiger partial charge in [0.05, 0.1) is 12.5 Å². The summed E-state index contributed by atoms with van der Waals surface area (Å²) in [6.07, 6.45) is 1.62. The van der Waals surface area contributed by atoms with E-state index in [9.17, 15) is 4.79 Å². The molecule has 0 radical (unpaired) electrons. The van der Waals surface area contributed by atoms with Crippen LogP contribution in [0.2, 0.25) is 0 Å². The van der Waals surface area contributed by atoms with E-state index in [1.165, 1.54) is 11.1 Å². The van der Waals surface area contributed by atoms with Crippen molar-refractivity contribution >= 4 is 5.91 Å². The number of rotatable bonds is 6. The minimum Gasteiger partial charge on any atom is -0.342 e. The molecule has 1 unspecified atom stereocenters. The summed E-state index contributed by atoms with van der Waals surface area (Å²) in [4.78, 5) is 13.7. The van der Waals surface area contributed by atoms with Crippen molar-refractivity contribution in [3.63, 3.8) is 0 Å². The highest BCUT2D eigenvalue weighted by molar-refractivity contribution is 5.76. The van der Waals surface area contributed by atoms with Crippen LogP contribution in [0, 0.1) is 11.3 Å². The van der Waals surface area contributed by atoms with E-state index in [4.69, 9.17) is 5.26 Å². The SMILES string of the molecule is CC(C)c1ccc(CCC(=O)N(C)C(C)CC#N)cc1. The fraction of sp³-hybridized carbons (Fsp3) is 0.529. The number of carbonyl (C=O) groups is 1. The Morgan fingerprint density at radius 3 is 2.35 bits per heavy atom. The summed E-state index contributed by atoms with van der Waals surface area (Å²) in [7, 11) is 1.77. The van der Waals surface area contributed by atoms with Gasteiger partial charge in [-0.2, -0.15) is 5.26 Å². The second-order valence-corrected chi connectivity index (χ2v) is 5.61.